The summed E-state index contributed by atoms with van der Waals surface area (Å²) in [4.78, 5) is 39.9. The lowest BCUT2D eigenvalue weighted by atomic mass is 9.83. The van der Waals surface area contributed by atoms with Gasteiger partial charge in [0.25, 0.3) is 5.56 Å². The Kier molecular flexibility index (Phi) is 6.77. The van der Waals surface area contributed by atoms with Gasteiger partial charge in [0.2, 0.25) is 5.91 Å². The molecule has 3 heterocycles. The normalized spacial score (nSPS) is 20.1. The number of anilines is 1. The number of benzene rings is 1. The maximum Gasteiger partial charge on any atom is 0.573 e. The fourth-order valence-electron chi connectivity index (χ4n) is 4.78. The van der Waals surface area contributed by atoms with Gasteiger partial charge in [0.1, 0.15) is 11.8 Å². The van der Waals surface area contributed by atoms with Crippen LogP contribution >= 0.6 is 0 Å². The van der Waals surface area contributed by atoms with Gasteiger partial charge in [-0.3, -0.25) is 9.59 Å². The number of halogens is 3. The highest BCUT2D eigenvalue weighted by molar-refractivity contribution is 5.97. The number of pyridine rings is 1. The number of carbonyl (C=O) groups excluding carboxylic acids is 2. The molecule has 35 heavy (non-hydrogen) atoms. The molecule has 2 aromatic rings. The van der Waals surface area contributed by atoms with Gasteiger partial charge >= 0.3 is 12.4 Å². The predicted octanol–water partition coefficient (Wildman–Crippen LogP) is 3.54. The summed E-state index contributed by atoms with van der Waals surface area (Å²) in [6, 6.07) is 8.75. The van der Waals surface area contributed by atoms with Gasteiger partial charge in [0.15, 0.2) is 0 Å². The molecule has 2 bridgehead atoms. The van der Waals surface area contributed by atoms with Gasteiger partial charge in [0, 0.05) is 43.0 Å². The standard InChI is InChI=1S/C24H27F3N4O4/c1-14(2)21(22(33)28-17-6-8-18(9-7-17)35-24(25,26)27)29-23(34)30-11-15-10-16(13-30)19-4-3-5-20(32)31(19)12-15/h3-9,14-16,21H,10-13H2,1-2H3,(H,28,33)(H,29,34)/t15-,16+,21-/m0/s1. The largest absolute Gasteiger partial charge is 0.573 e. The molecule has 2 aliphatic rings. The molecular formula is C24H27F3N4O4. The Bertz CT molecular complexity index is 1150. The fraction of sp³-hybridized carbons (Fsp3) is 0.458. The van der Waals surface area contributed by atoms with E-state index < -0.39 is 24.1 Å². The molecule has 0 saturated carbocycles. The second-order valence-corrected chi connectivity index (χ2v) is 9.34. The zero-order chi connectivity index (χ0) is 25.3. The third-order valence-corrected chi connectivity index (χ3v) is 6.35. The first kappa shape index (κ1) is 24.6. The van der Waals surface area contributed by atoms with Crippen LogP contribution < -0.4 is 20.9 Å². The van der Waals surface area contributed by atoms with Crippen LogP contribution in [0, 0.1) is 11.8 Å². The molecule has 1 aromatic carbocycles. The van der Waals surface area contributed by atoms with E-state index >= 15 is 0 Å². The Balaban J connectivity index is 1.40. The fourth-order valence-corrected chi connectivity index (χ4v) is 4.78. The van der Waals surface area contributed by atoms with Crippen molar-refractivity contribution in [2.75, 3.05) is 18.4 Å². The highest BCUT2D eigenvalue weighted by Gasteiger charge is 2.37. The van der Waals surface area contributed by atoms with Crippen LogP contribution in [0.3, 0.4) is 0 Å². The third-order valence-electron chi connectivity index (χ3n) is 6.35. The summed E-state index contributed by atoms with van der Waals surface area (Å²) in [5.74, 6) is -0.923. The Morgan fingerprint density at radius 3 is 2.43 bits per heavy atom. The zero-order valence-corrected chi connectivity index (χ0v) is 19.3. The number of hydrogen-bond donors (Lipinski definition) is 2. The number of urea groups is 1. The van der Waals surface area contributed by atoms with Crippen molar-refractivity contribution in [3.8, 4) is 5.75 Å². The summed E-state index contributed by atoms with van der Waals surface area (Å²) < 4.78 is 42.6. The molecule has 0 radical (unpaired) electrons. The molecule has 2 aliphatic heterocycles. The van der Waals surface area contributed by atoms with E-state index in [9.17, 15) is 27.6 Å². The molecular weight excluding hydrogens is 465 g/mol. The van der Waals surface area contributed by atoms with Crippen molar-refractivity contribution in [2.24, 2.45) is 11.8 Å². The van der Waals surface area contributed by atoms with Gasteiger partial charge in [-0.1, -0.05) is 19.9 Å². The molecule has 188 valence electrons. The number of rotatable bonds is 5. The molecule has 1 fully saturated rings. The molecule has 8 nitrogen and oxygen atoms in total. The van der Waals surface area contributed by atoms with Crippen molar-refractivity contribution >= 4 is 17.6 Å². The Hall–Kier alpha value is -3.50. The number of piperidine rings is 1. The summed E-state index contributed by atoms with van der Waals surface area (Å²) in [5, 5.41) is 5.44. The highest BCUT2D eigenvalue weighted by Crippen LogP contribution is 2.35. The monoisotopic (exact) mass is 492 g/mol. The van der Waals surface area contributed by atoms with Crippen LogP contribution in [0.25, 0.3) is 0 Å². The average Bonchev–Trinajstić information content (AvgIpc) is 2.78. The summed E-state index contributed by atoms with van der Waals surface area (Å²) in [5.41, 5.74) is 1.16. The van der Waals surface area contributed by atoms with Gasteiger partial charge < -0.3 is 24.8 Å². The smallest absolute Gasteiger partial charge is 0.406 e. The SMILES string of the molecule is CC(C)[C@H](NC(=O)N1C[C@@H]2C[C@H](C1)c1cccc(=O)n1C2)C(=O)Nc1ccc(OC(F)(F)F)cc1. The minimum atomic E-state index is -4.80. The molecule has 3 atom stereocenters. The maximum atomic E-state index is 13.1. The van der Waals surface area contributed by atoms with E-state index in [2.05, 4.69) is 15.4 Å². The number of carbonyl (C=O) groups is 2. The van der Waals surface area contributed by atoms with Crippen molar-refractivity contribution in [3.05, 3.63) is 58.5 Å². The Morgan fingerprint density at radius 2 is 1.77 bits per heavy atom. The number of fused-ring (bicyclic) bond motifs is 4. The van der Waals surface area contributed by atoms with Crippen LogP contribution in [0.2, 0.25) is 0 Å². The van der Waals surface area contributed by atoms with E-state index in [4.69, 9.17) is 0 Å². The molecule has 0 aliphatic carbocycles. The van der Waals surface area contributed by atoms with Crippen molar-refractivity contribution in [2.45, 2.75) is 45.1 Å². The minimum Gasteiger partial charge on any atom is -0.406 e. The molecule has 4 rings (SSSR count). The lowest BCUT2D eigenvalue weighted by Gasteiger charge is -2.43. The summed E-state index contributed by atoms with van der Waals surface area (Å²) in [6.45, 7) is 5.06. The van der Waals surface area contributed by atoms with Crippen molar-refractivity contribution < 1.29 is 27.5 Å². The van der Waals surface area contributed by atoms with Gasteiger partial charge in [-0.2, -0.15) is 0 Å². The van der Waals surface area contributed by atoms with Crippen molar-refractivity contribution in [1.82, 2.24) is 14.8 Å². The Morgan fingerprint density at radius 1 is 1.06 bits per heavy atom. The number of hydrogen-bond acceptors (Lipinski definition) is 4. The quantitative estimate of drug-likeness (QED) is 0.668. The summed E-state index contributed by atoms with van der Waals surface area (Å²) >= 11 is 0. The predicted molar refractivity (Wildman–Crippen MR) is 122 cm³/mol. The second kappa shape index (κ2) is 9.63. The average molecular weight is 492 g/mol. The molecule has 0 unspecified atom stereocenters. The molecule has 1 saturated heterocycles. The van der Waals surface area contributed by atoms with Gasteiger partial charge in [-0.15, -0.1) is 13.2 Å². The zero-order valence-electron chi connectivity index (χ0n) is 19.3. The maximum absolute atomic E-state index is 13.1. The number of likely N-dealkylation sites (tertiary alicyclic amines) is 1. The summed E-state index contributed by atoms with van der Waals surface area (Å²) in [6.07, 6.45) is -3.90. The molecule has 0 spiro atoms. The van der Waals surface area contributed by atoms with E-state index in [1.54, 1.807) is 29.4 Å². The number of amides is 3. The van der Waals surface area contributed by atoms with E-state index in [1.807, 2.05) is 6.07 Å². The van der Waals surface area contributed by atoms with E-state index in [0.717, 1.165) is 24.2 Å². The van der Waals surface area contributed by atoms with Gasteiger partial charge in [-0.05, 0) is 48.6 Å². The third kappa shape index (κ3) is 5.77. The highest BCUT2D eigenvalue weighted by atomic mass is 19.4. The number of aromatic nitrogens is 1. The lowest BCUT2D eigenvalue weighted by molar-refractivity contribution is -0.274. The molecule has 2 N–H and O–H groups in total. The van der Waals surface area contributed by atoms with Crippen LogP contribution in [-0.4, -0.2) is 46.9 Å². The molecule has 3 amide bonds. The molecule has 1 aromatic heterocycles. The minimum absolute atomic E-state index is 0.0374. The van der Waals surface area contributed by atoms with E-state index in [1.165, 1.54) is 18.2 Å². The molecule has 11 heteroatoms. The number of nitrogens with one attached hydrogen (secondary N) is 2. The first-order chi connectivity index (χ1) is 16.5. The second-order valence-electron chi connectivity index (χ2n) is 9.34. The van der Waals surface area contributed by atoms with Crippen LogP contribution in [0.5, 0.6) is 5.75 Å². The van der Waals surface area contributed by atoms with Crippen LogP contribution in [0.15, 0.2) is 47.3 Å². The van der Waals surface area contributed by atoms with E-state index in [-0.39, 0.29) is 35.0 Å². The summed E-state index contributed by atoms with van der Waals surface area (Å²) in [7, 11) is 0. The van der Waals surface area contributed by atoms with E-state index in [0.29, 0.717) is 19.6 Å². The topological polar surface area (TPSA) is 92.7 Å². The lowest BCUT2D eigenvalue weighted by Crippen LogP contribution is -2.56. The first-order valence-electron chi connectivity index (χ1n) is 11.4. The van der Waals surface area contributed by atoms with Crippen LogP contribution in [-0.2, 0) is 11.3 Å². The number of nitrogens with zero attached hydrogens (tertiary/aromatic N) is 2. The number of ether oxygens (including phenoxy) is 1. The van der Waals surface area contributed by atoms with Gasteiger partial charge in [0.05, 0.1) is 0 Å². The van der Waals surface area contributed by atoms with Crippen molar-refractivity contribution in [1.29, 1.82) is 0 Å². The van der Waals surface area contributed by atoms with Crippen molar-refractivity contribution in [3.63, 3.8) is 0 Å². The Labute approximate surface area is 200 Å². The van der Waals surface area contributed by atoms with Crippen LogP contribution in [0.4, 0.5) is 23.7 Å². The van der Waals surface area contributed by atoms with Crippen LogP contribution in [0.1, 0.15) is 31.9 Å². The number of alkyl halides is 3. The first-order valence-corrected chi connectivity index (χ1v) is 11.4. The van der Waals surface area contributed by atoms with Gasteiger partial charge in [-0.25, -0.2) is 4.79 Å².